The number of nitrogens with two attached hydrogens (primary N) is 2. The summed E-state index contributed by atoms with van der Waals surface area (Å²) in [6.07, 6.45) is 4.01. The summed E-state index contributed by atoms with van der Waals surface area (Å²) in [5.41, 5.74) is 13.9. The Morgan fingerprint density at radius 3 is 2.50 bits per heavy atom. The van der Waals surface area contributed by atoms with E-state index in [2.05, 4.69) is 27.2 Å². The number of aliphatic hydroxyl groups is 1. The molecule has 0 atom stereocenters. The number of nitrogens with one attached hydrogen (secondary N) is 2. The number of hydrogen-bond donors (Lipinski definition) is 5. The Morgan fingerprint density at radius 2 is 1.91 bits per heavy atom. The number of hydrogen-bond acceptors (Lipinski definition) is 7. The largest absolute Gasteiger partial charge is 0.401 e. The first-order valence-electron chi connectivity index (χ1n) is 10.6. The van der Waals surface area contributed by atoms with E-state index < -0.39 is 14.6 Å². The zero-order chi connectivity index (χ0) is 24.8. The summed E-state index contributed by atoms with van der Waals surface area (Å²) in [6.45, 7) is 4.27. The number of nitrogens with zero attached hydrogens (tertiary/aromatic N) is 2. The highest BCUT2D eigenvalue weighted by Crippen LogP contribution is 2.50. The zero-order valence-corrected chi connectivity index (χ0v) is 19.4. The van der Waals surface area contributed by atoms with Crippen molar-refractivity contribution in [2.45, 2.75) is 29.0 Å². The SMILES string of the molecule is C=C(/N=C(N)\C=C(/N)C1(S(=O)(=O)c2ccccn2)CC1)c1ccc(NC(=O)NCCCO)cc1. The van der Waals surface area contributed by atoms with Gasteiger partial charge >= 0.3 is 6.03 Å². The highest BCUT2D eigenvalue weighted by Gasteiger charge is 2.57. The monoisotopic (exact) mass is 484 g/mol. The van der Waals surface area contributed by atoms with Gasteiger partial charge in [0, 0.05) is 36.8 Å². The average molecular weight is 485 g/mol. The van der Waals surface area contributed by atoms with Crippen molar-refractivity contribution in [2.75, 3.05) is 18.5 Å². The third-order valence-electron chi connectivity index (χ3n) is 5.32. The number of aliphatic imine (C=N–C) groups is 1. The lowest BCUT2D eigenvalue weighted by atomic mass is 10.1. The van der Waals surface area contributed by atoms with Crippen LogP contribution in [0.2, 0.25) is 0 Å². The molecule has 1 saturated carbocycles. The second-order valence-electron chi connectivity index (χ2n) is 7.78. The third-order valence-corrected chi connectivity index (χ3v) is 7.79. The smallest absolute Gasteiger partial charge is 0.319 e. The van der Waals surface area contributed by atoms with E-state index in [1.54, 1.807) is 36.4 Å². The van der Waals surface area contributed by atoms with Crippen molar-refractivity contribution < 1.29 is 18.3 Å². The van der Waals surface area contributed by atoms with E-state index in [9.17, 15) is 13.2 Å². The van der Waals surface area contributed by atoms with E-state index in [-0.39, 0.29) is 29.2 Å². The van der Waals surface area contributed by atoms with Gasteiger partial charge < -0.3 is 27.2 Å². The van der Waals surface area contributed by atoms with E-state index in [1.165, 1.54) is 18.3 Å². The molecule has 0 spiro atoms. The molecule has 3 rings (SSSR count). The van der Waals surface area contributed by atoms with E-state index >= 15 is 0 Å². The van der Waals surface area contributed by atoms with Crippen molar-refractivity contribution in [3.05, 3.63) is 72.6 Å². The van der Waals surface area contributed by atoms with Crippen molar-refractivity contribution >= 4 is 33.1 Å². The molecule has 2 aromatic rings. The van der Waals surface area contributed by atoms with Crippen LogP contribution >= 0.6 is 0 Å². The van der Waals surface area contributed by atoms with Gasteiger partial charge in [-0.2, -0.15) is 0 Å². The Kier molecular flexibility index (Phi) is 7.69. The summed E-state index contributed by atoms with van der Waals surface area (Å²) in [4.78, 5) is 20.0. The van der Waals surface area contributed by atoms with Crippen LogP contribution in [0.15, 0.2) is 77.0 Å². The Labute approximate surface area is 198 Å². The molecule has 180 valence electrons. The van der Waals surface area contributed by atoms with Gasteiger partial charge in [0.1, 0.15) is 10.6 Å². The first-order chi connectivity index (χ1) is 16.2. The molecule has 1 fully saturated rings. The minimum atomic E-state index is -3.76. The molecule has 7 N–H and O–H groups in total. The number of amides is 2. The van der Waals surface area contributed by atoms with Gasteiger partial charge in [-0.3, -0.25) is 0 Å². The fourth-order valence-corrected chi connectivity index (χ4v) is 5.14. The molecule has 1 aliphatic rings. The minimum Gasteiger partial charge on any atom is -0.401 e. The van der Waals surface area contributed by atoms with Crippen LogP contribution in [0.5, 0.6) is 0 Å². The molecule has 0 unspecified atom stereocenters. The summed E-state index contributed by atoms with van der Waals surface area (Å²) in [7, 11) is -3.76. The molecule has 0 saturated heterocycles. The number of urea groups is 1. The molecule has 0 aliphatic heterocycles. The summed E-state index contributed by atoms with van der Waals surface area (Å²) in [5.74, 6) is 0.0236. The maximum Gasteiger partial charge on any atom is 0.319 e. The van der Waals surface area contributed by atoms with E-state index in [1.807, 2.05) is 0 Å². The zero-order valence-electron chi connectivity index (χ0n) is 18.6. The lowest BCUT2D eigenvalue weighted by Gasteiger charge is -2.16. The maximum atomic E-state index is 13.0. The van der Waals surface area contributed by atoms with Crippen LogP contribution in [0, 0.1) is 0 Å². The normalized spacial score (nSPS) is 15.4. The van der Waals surface area contributed by atoms with Crippen molar-refractivity contribution in [3.63, 3.8) is 0 Å². The van der Waals surface area contributed by atoms with Gasteiger partial charge in [-0.1, -0.05) is 24.8 Å². The predicted octanol–water partition coefficient (Wildman–Crippen LogP) is 1.76. The van der Waals surface area contributed by atoms with Gasteiger partial charge in [-0.25, -0.2) is 23.2 Å². The van der Waals surface area contributed by atoms with Crippen molar-refractivity contribution in [3.8, 4) is 0 Å². The summed E-state index contributed by atoms with van der Waals surface area (Å²) < 4.78 is 24.8. The highest BCUT2D eigenvalue weighted by atomic mass is 32.2. The first kappa shape index (κ1) is 24.9. The van der Waals surface area contributed by atoms with E-state index in [0.717, 1.165) is 0 Å². The van der Waals surface area contributed by atoms with Crippen molar-refractivity contribution in [2.24, 2.45) is 16.5 Å². The molecular formula is C23H28N6O4S. The molecule has 1 aromatic carbocycles. The van der Waals surface area contributed by atoms with Crippen LogP contribution in [0.3, 0.4) is 0 Å². The molecule has 1 heterocycles. The molecule has 0 bridgehead atoms. The van der Waals surface area contributed by atoms with Crippen LogP contribution in [-0.4, -0.2) is 48.3 Å². The molecule has 10 nitrogen and oxygen atoms in total. The quantitative estimate of drug-likeness (QED) is 0.194. The Bertz CT molecular complexity index is 1200. The Morgan fingerprint density at radius 1 is 1.21 bits per heavy atom. The number of sulfone groups is 1. The van der Waals surface area contributed by atoms with Gasteiger partial charge in [0.15, 0.2) is 5.03 Å². The molecule has 11 heteroatoms. The number of carbonyl (C=O) groups is 1. The lowest BCUT2D eigenvalue weighted by Crippen LogP contribution is -2.31. The number of rotatable bonds is 10. The van der Waals surface area contributed by atoms with Crippen LogP contribution in [0.1, 0.15) is 24.8 Å². The number of pyridine rings is 1. The average Bonchev–Trinajstić information content (AvgIpc) is 3.63. The van der Waals surface area contributed by atoms with Crippen molar-refractivity contribution in [1.82, 2.24) is 10.3 Å². The van der Waals surface area contributed by atoms with Crippen LogP contribution in [-0.2, 0) is 9.84 Å². The lowest BCUT2D eigenvalue weighted by molar-refractivity contribution is 0.249. The Balaban J connectivity index is 1.68. The standard InChI is InChI=1S/C23H28N6O4S/c1-16(17-6-8-18(9-7-17)29-22(31)27-13-4-14-30)28-20(25)15-19(24)23(10-11-23)34(32,33)21-5-2-3-12-26-21/h2-3,5-9,12,15,30H,1,4,10-11,13-14,24H2,(H2,25,28)(H2,27,29,31)/b19-15-. The fraction of sp³-hybridized carbons (Fsp3) is 0.261. The summed E-state index contributed by atoms with van der Waals surface area (Å²) >= 11 is 0. The second-order valence-corrected chi connectivity index (χ2v) is 9.99. The topological polar surface area (TPSA) is 173 Å². The minimum absolute atomic E-state index is 0.00259. The molecular weight excluding hydrogens is 456 g/mol. The van der Waals surface area contributed by atoms with Gasteiger partial charge in [0.05, 0.1) is 5.70 Å². The van der Waals surface area contributed by atoms with Gasteiger partial charge in [0.25, 0.3) is 0 Å². The van der Waals surface area contributed by atoms with Crippen LogP contribution < -0.4 is 22.1 Å². The van der Waals surface area contributed by atoms with Crippen LogP contribution in [0.25, 0.3) is 5.70 Å². The van der Waals surface area contributed by atoms with E-state index in [4.69, 9.17) is 16.6 Å². The van der Waals surface area contributed by atoms with Gasteiger partial charge in [-0.05, 0) is 49.1 Å². The van der Waals surface area contributed by atoms with Crippen molar-refractivity contribution in [1.29, 1.82) is 0 Å². The Hall–Kier alpha value is -3.70. The first-order valence-corrected chi connectivity index (χ1v) is 12.1. The van der Waals surface area contributed by atoms with Gasteiger partial charge in [0.2, 0.25) is 9.84 Å². The van der Waals surface area contributed by atoms with Crippen LogP contribution in [0.4, 0.5) is 10.5 Å². The maximum absolute atomic E-state index is 13.0. The number of amidine groups is 1. The number of aromatic nitrogens is 1. The molecule has 34 heavy (non-hydrogen) atoms. The molecule has 2 amide bonds. The summed E-state index contributed by atoms with van der Waals surface area (Å²) in [6, 6.07) is 11.1. The van der Waals surface area contributed by atoms with E-state index in [0.29, 0.717) is 42.8 Å². The molecule has 1 aromatic heterocycles. The number of aliphatic hydroxyl groups excluding tert-OH is 1. The predicted molar refractivity (Wildman–Crippen MR) is 131 cm³/mol. The van der Waals surface area contributed by atoms with Gasteiger partial charge in [-0.15, -0.1) is 0 Å². The number of carbonyl (C=O) groups excluding carboxylic acids is 1. The molecule has 1 aliphatic carbocycles. The number of benzene rings is 1. The summed E-state index contributed by atoms with van der Waals surface area (Å²) in [5, 5.41) is 14.0. The third kappa shape index (κ3) is 5.61. The highest BCUT2D eigenvalue weighted by molar-refractivity contribution is 7.93. The fourth-order valence-electron chi connectivity index (χ4n) is 3.28. The number of anilines is 1. The molecule has 0 radical (unpaired) electrons. The second kappa shape index (κ2) is 10.5.